The predicted octanol–water partition coefficient (Wildman–Crippen LogP) is 6.96. The van der Waals surface area contributed by atoms with Crippen LogP contribution in [-0.2, 0) is 16.0 Å². The lowest BCUT2D eigenvalue weighted by Crippen LogP contribution is -2.45. The van der Waals surface area contributed by atoms with Crippen LogP contribution in [0.3, 0.4) is 0 Å². The van der Waals surface area contributed by atoms with Crippen LogP contribution in [0.4, 0.5) is 0 Å². The molecule has 0 radical (unpaired) electrons. The summed E-state index contributed by atoms with van der Waals surface area (Å²) in [4.78, 5) is 39.0. The number of nitrogens with one attached hydrogen (secondary N) is 1. The summed E-state index contributed by atoms with van der Waals surface area (Å²) in [6.07, 6.45) is 5.89. The van der Waals surface area contributed by atoms with Crippen LogP contribution in [-0.4, -0.2) is 50.3 Å². The SMILES string of the molecule is CCCCCCCOc1ccc(C(=O)Oc2ccc(CC(NC(=O)c3ccc(OC)cc3)C(=O)OC(C)(C)C)cc2OC)cc1. The molecule has 0 bridgehead atoms. The van der Waals surface area contributed by atoms with E-state index in [0.717, 1.165) is 12.8 Å². The van der Waals surface area contributed by atoms with E-state index in [0.29, 0.717) is 40.5 Å². The molecule has 0 aromatic heterocycles. The molecule has 9 nitrogen and oxygen atoms in total. The number of benzene rings is 3. The smallest absolute Gasteiger partial charge is 0.343 e. The maximum absolute atomic E-state index is 13.1. The lowest BCUT2D eigenvalue weighted by molar-refractivity contribution is -0.157. The molecule has 0 aliphatic heterocycles. The number of unbranched alkanes of at least 4 members (excludes halogenated alkanes) is 4. The predicted molar refractivity (Wildman–Crippen MR) is 172 cm³/mol. The van der Waals surface area contributed by atoms with Gasteiger partial charge in [-0.1, -0.05) is 38.7 Å². The van der Waals surface area contributed by atoms with Gasteiger partial charge in [0.15, 0.2) is 11.5 Å². The van der Waals surface area contributed by atoms with E-state index in [4.69, 9.17) is 23.7 Å². The molecule has 0 aliphatic rings. The molecule has 3 aromatic carbocycles. The largest absolute Gasteiger partial charge is 0.497 e. The summed E-state index contributed by atoms with van der Waals surface area (Å²) in [7, 11) is 3.00. The zero-order chi connectivity index (χ0) is 32.8. The zero-order valence-electron chi connectivity index (χ0n) is 27.1. The first kappa shape index (κ1) is 35.0. The minimum absolute atomic E-state index is 0.113. The molecule has 0 aliphatic carbocycles. The van der Waals surface area contributed by atoms with Crippen molar-refractivity contribution in [1.29, 1.82) is 0 Å². The number of amides is 1. The van der Waals surface area contributed by atoms with E-state index in [9.17, 15) is 14.4 Å². The van der Waals surface area contributed by atoms with Crippen molar-refractivity contribution >= 4 is 17.8 Å². The van der Waals surface area contributed by atoms with Gasteiger partial charge in [0.05, 0.1) is 26.4 Å². The molecule has 0 saturated heterocycles. The minimum atomic E-state index is -0.992. The number of carbonyl (C=O) groups is 3. The Morgan fingerprint density at radius 2 is 1.40 bits per heavy atom. The van der Waals surface area contributed by atoms with Crippen LogP contribution in [0.25, 0.3) is 0 Å². The molecule has 1 N–H and O–H groups in total. The van der Waals surface area contributed by atoms with Gasteiger partial charge in [0.25, 0.3) is 5.91 Å². The van der Waals surface area contributed by atoms with E-state index in [-0.39, 0.29) is 12.2 Å². The highest BCUT2D eigenvalue weighted by Gasteiger charge is 2.28. The van der Waals surface area contributed by atoms with E-state index in [1.54, 1.807) is 87.5 Å². The summed E-state index contributed by atoms with van der Waals surface area (Å²) >= 11 is 0. The molecular formula is C36H45NO8. The van der Waals surface area contributed by atoms with Crippen molar-refractivity contribution in [1.82, 2.24) is 5.32 Å². The number of hydrogen-bond acceptors (Lipinski definition) is 8. The molecule has 0 fully saturated rings. The van der Waals surface area contributed by atoms with Crippen molar-refractivity contribution in [2.24, 2.45) is 0 Å². The molecule has 242 valence electrons. The van der Waals surface area contributed by atoms with Gasteiger partial charge in [0.1, 0.15) is 23.1 Å². The van der Waals surface area contributed by atoms with Gasteiger partial charge in [0, 0.05) is 12.0 Å². The van der Waals surface area contributed by atoms with Gasteiger partial charge in [-0.3, -0.25) is 4.79 Å². The van der Waals surface area contributed by atoms with E-state index in [1.807, 2.05) is 0 Å². The minimum Gasteiger partial charge on any atom is -0.497 e. The molecule has 1 amide bonds. The molecule has 3 rings (SSSR count). The normalized spacial score (nSPS) is 11.7. The summed E-state index contributed by atoms with van der Waals surface area (Å²) in [5, 5.41) is 2.79. The van der Waals surface area contributed by atoms with Crippen molar-refractivity contribution in [3.8, 4) is 23.0 Å². The quantitative estimate of drug-likeness (QED) is 0.104. The van der Waals surface area contributed by atoms with Gasteiger partial charge in [-0.2, -0.15) is 0 Å². The van der Waals surface area contributed by atoms with Crippen LogP contribution in [0.5, 0.6) is 23.0 Å². The lowest BCUT2D eigenvalue weighted by Gasteiger charge is -2.25. The van der Waals surface area contributed by atoms with Crippen LogP contribution in [0, 0.1) is 0 Å². The monoisotopic (exact) mass is 619 g/mol. The summed E-state index contributed by atoms with van der Waals surface area (Å²) in [6, 6.07) is 17.4. The highest BCUT2D eigenvalue weighted by molar-refractivity contribution is 5.97. The van der Waals surface area contributed by atoms with Gasteiger partial charge >= 0.3 is 11.9 Å². The molecule has 0 saturated carbocycles. The Balaban J connectivity index is 1.68. The number of hydrogen-bond donors (Lipinski definition) is 1. The van der Waals surface area contributed by atoms with Crippen LogP contribution < -0.4 is 24.3 Å². The maximum atomic E-state index is 13.1. The average Bonchev–Trinajstić information content (AvgIpc) is 3.02. The molecule has 0 heterocycles. The highest BCUT2D eigenvalue weighted by Crippen LogP contribution is 2.30. The fraction of sp³-hybridized carbons (Fsp3) is 0.417. The van der Waals surface area contributed by atoms with Crippen molar-refractivity contribution in [3.05, 3.63) is 83.4 Å². The molecule has 9 heteroatoms. The third-order valence-electron chi connectivity index (χ3n) is 6.83. The third-order valence-corrected chi connectivity index (χ3v) is 6.83. The van der Waals surface area contributed by atoms with E-state index in [1.165, 1.54) is 33.5 Å². The molecule has 1 unspecified atom stereocenters. The van der Waals surface area contributed by atoms with Crippen LogP contribution in [0.15, 0.2) is 66.7 Å². The van der Waals surface area contributed by atoms with Crippen LogP contribution in [0.2, 0.25) is 0 Å². The number of methoxy groups -OCH3 is 2. The molecule has 3 aromatic rings. The topological polar surface area (TPSA) is 109 Å². The van der Waals surface area contributed by atoms with Crippen molar-refractivity contribution in [2.75, 3.05) is 20.8 Å². The third kappa shape index (κ3) is 11.5. The van der Waals surface area contributed by atoms with E-state index >= 15 is 0 Å². The zero-order valence-corrected chi connectivity index (χ0v) is 27.1. The van der Waals surface area contributed by atoms with Gasteiger partial charge in [0.2, 0.25) is 0 Å². The highest BCUT2D eigenvalue weighted by atomic mass is 16.6. The van der Waals surface area contributed by atoms with E-state index in [2.05, 4.69) is 12.2 Å². The molecule has 1 atom stereocenters. The van der Waals surface area contributed by atoms with Gasteiger partial charge in [-0.05, 0) is 93.4 Å². The second-order valence-electron chi connectivity index (χ2n) is 11.7. The molecular weight excluding hydrogens is 574 g/mol. The Bertz CT molecular complexity index is 1390. The second kappa shape index (κ2) is 17.1. The fourth-order valence-corrected chi connectivity index (χ4v) is 4.45. The molecule has 45 heavy (non-hydrogen) atoms. The van der Waals surface area contributed by atoms with Gasteiger partial charge in [-0.25, -0.2) is 9.59 Å². The number of rotatable bonds is 16. The Hall–Kier alpha value is -4.53. The second-order valence-corrected chi connectivity index (χ2v) is 11.7. The van der Waals surface area contributed by atoms with Crippen molar-refractivity contribution < 1.29 is 38.1 Å². The van der Waals surface area contributed by atoms with Crippen molar-refractivity contribution in [3.63, 3.8) is 0 Å². The standard InChI is InChI=1S/C36H45NO8/c1-7-8-9-10-11-22-43-29-19-15-27(16-20-29)34(39)44-31-21-12-25(24-32(31)42-6)23-30(35(40)45-36(2,3)4)37-33(38)26-13-17-28(41-5)18-14-26/h12-21,24,30H,7-11,22-23H2,1-6H3,(H,37,38). The maximum Gasteiger partial charge on any atom is 0.343 e. The van der Waals surface area contributed by atoms with Crippen molar-refractivity contribution in [2.45, 2.75) is 77.9 Å². The average molecular weight is 620 g/mol. The first-order chi connectivity index (χ1) is 21.5. The molecule has 0 spiro atoms. The first-order valence-corrected chi connectivity index (χ1v) is 15.3. The Morgan fingerprint density at radius 1 is 0.756 bits per heavy atom. The number of esters is 2. The fourth-order valence-electron chi connectivity index (χ4n) is 4.45. The summed E-state index contributed by atoms with van der Waals surface area (Å²) < 4.78 is 27.7. The summed E-state index contributed by atoms with van der Waals surface area (Å²) in [5.41, 5.74) is 0.636. The summed E-state index contributed by atoms with van der Waals surface area (Å²) in [5.74, 6) is 0.256. The lowest BCUT2D eigenvalue weighted by atomic mass is 10.0. The van der Waals surface area contributed by atoms with Crippen LogP contribution in [0.1, 0.15) is 86.1 Å². The Kier molecular flexibility index (Phi) is 13.3. The number of ether oxygens (including phenoxy) is 5. The van der Waals surface area contributed by atoms with Gasteiger partial charge < -0.3 is 29.0 Å². The van der Waals surface area contributed by atoms with Crippen LogP contribution >= 0.6 is 0 Å². The summed E-state index contributed by atoms with van der Waals surface area (Å²) in [6.45, 7) is 8.10. The van der Waals surface area contributed by atoms with Gasteiger partial charge in [-0.15, -0.1) is 0 Å². The Labute approximate surface area is 266 Å². The Morgan fingerprint density at radius 3 is 2.02 bits per heavy atom. The first-order valence-electron chi connectivity index (χ1n) is 15.3. The number of carbonyl (C=O) groups excluding carboxylic acids is 3. The van der Waals surface area contributed by atoms with E-state index < -0.39 is 29.5 Å².